The molecule has 1 aromatic heterocycles. The molecule has 1 aliphatic carbocycles. The van der Waals surface area contributed by atoms with Gasteiger partial charge in [0.25, 0.3) is 0 Å². The van der Waals surface area contributed by atoms with Crippen molar-refractivity contribution in [2.24, 2.45) is 5.73 Å². The van der Waals surface area contributed by atoms with E-state index < -0.39 is 5.54 Å². The Bertz CT molecular complexity index is 507. The highest BCUT2D eigenvalue weighted by Gasteiger charge is 2.35. The number of rotatable bonds is 3. The third kappa shape index (κ3) is 3.55. The first-order valence-electron chi connectivity index (χ1n) is 7.37. The summed E-state index contributed by atoms with van der Waals surface area (Å²) >= 11 is 0. The molecule has 1 unspecified atom stereocenters. The summed E-state index contributed by atoms with van der Waals surface area (Å²) in [6.07, 6.45) is 4.26. The number of nitrogens with two attached hydrogens (primary N) is 1. The van der Waals surface area contributed by atoms with E-state index in [2.05, 4.69) is 10.1 Å². The minimum Gasteiger partial charge on any atom is -0.340 e. The van der Waals surface area contributed by atoms with E-state index in [1.165, 1.54) is 0 Å². The Labute approximate surface area is 130 Å². The number of carbonyl (C=O) groups is 1. The molecule has 118 valence electrons. The van der Waals surface area contributed by atoms with Crippen LogP contribution in [0.2, 0.25) is 0 Å². The average molecular weight is 315 g/mol. The van der Waals surface area contributed by atoms with E-state index in [1.54, 1.807) is 13.8 Å². The number of halogens is 1. The fraction of sp³-hybridized carbons (Fsp3) is 0.786. The molecule has 1 amide bonds. The summed E-state index contributed by atoms with van der Waals surface area (Å²) in [5.41, 5.74) is 5.08. The third-order valence-electron chi connectivity index (χ3n) is 4.01. The van der Waals surface area contributed by atoms with Gasteiger partial charge in [0.05, 0.1) is 5.54 Å². The van der Waals surface area contributed by atoms with E-state index in [0.29, 0.717) is 12.5 Å². The SMILES string of the molecule is CC(C)(N)C(=O)N1CCCC(c2noc(C3CC3)n2)C1.Cl. The maximum atomic E-state index is 12.3. The van der Waals surface area contributed by atoms with Gasteiger partial charge in [-0.25, -0.2) is 0 Å². The molecule has 21 heavy (non-hydrogen) atoms. The lowest BCUT2D eigenvalue weighted by Gasteiger charge is -2.35. The van der Waals surface area contributed by atoms with E-state index in [4.69, 9.17) is 10.3 Å². The Morgan fingerprint density at radius 3 is 2.67 bits per heavy atom. The lowest BCUT2D eigenvalue weighted by atomic mass is 9.95. The van der Waals surface area contributed by atoms with Gasteiger partial charge in [0.1, 0.15) is 0 Å². The summed E-state index contributed by atoms with van der Waals surface area (Å²) in [6, 6.07) is 0. The maximum absolute atomic E-state index is 12.3. The zero-order valence-electron chi connectivity index (χ0n) is 12.5. The van der Waals surface area contributed by atoms with E-state index in [0.717, 1.165) is 43.9 Å². The zero-order valence-corrected chi connectivity index (χ0v) is 13.4. The topological polar surface area (TPSA) is 85.3 Å². The molecule has 7 heteroatoms. The van der Waals surface area contributed by atoms with Gasteiger partial charge in [-0.3, -0.25) is 4.79 Å². The second-order valence-corrected chi connectivity index (χ2v) is 6.58. The lowest BCUT2D eigenvalue weighted by molar-refractivity contribution is -0.137. The molecule has 1 atom stereocenters. The summed E-state index contributed by atoms with van der Waals surface area (Å²) in [5, 5.41) is 4.10. The molecule has 6 nitrogen and oxygen atoms in total. The van der Waals surface area contributed by atoms with Crippen molar-refractivity contribution in [2.45, 2.75) is 56.9 Å². The summed E-state index contributed by atoms with van der Waals surface area (Å²) in [5.74, 6) is 2.15. The Balaban J connectivity index is 0.00000161. The van der Waals surface area contributed by atoms with Gasteiger partial charge < -0.3 is 15.2 Å². The fourth-order valence-corrected chi connectivity index (χ4v) is 2.69. The summed E-state index contributed by atoms with van der Waals surface area (Å²) in [6.45, 7) is 4.91. The lowest BCUT2D eigenvalue weighted by Crippen LogP contribution is -2.53. The quantitative estimate of drug-likeness (QED) is 0.919. The number of aromatic nitrogens is 2. The number of hydrogen-bond donors (Lipinski definition) is 1. The van der Waals surface area contributed by atoms with Crippen molar-refractivity contribution < 1.29 is 9.32 Å². The van der Waals surface area contributed by atoms with Crippen molar-refractivity contribution in [3.8, 4) is 0 Å². The van der Waals surface area contributed by atoms with Gasteiger partial charge >= 0.3 is 0 Å². The molecule has 0 aromatic carbocycles. The van der Waals surface area contributed by atoms with Crippen LogP contribution in [0.1, 0.15) is 63.1 Å². The predicted molar refractivity (Wildman–Crippen MR) is 80.3 cm³/mol. The number of piperidine rings is 1. The van der Waals surface area contributed by atoms with Gasteiger partial charge in [-0.15, -0.1) is 12.4 Å². The molecule has 1 saturated carbocycles. The Hall–Kier alpha value is -1.14. The van der Waals surface area contributed by atoms with Gasteiger partial charge in [0, 0.05) is 24.9 Å². The van der Waals surface area contributed by atoms with Gasteiger partial charge in [-0.1, -0.05) is 5.16 Å². The Kier molecular flexibility index (Phi) is 4.58. The van der Waals surface area contributed by atoms with Crippen LogP contribution in [0.15, 0.2) is 4.52 Å². The molecule has 0 radical (unpaired) electrons. The number of hydrogen-bond acceptors (Lipinski definition) is 5. The van der Waals surface area contributed by atoms with Crippen molar-refractivity contribution in [3.05, 3.63) is 11.7 Å². The first-order chi connectivity index (χ1) is 9.45. The molecule has 1 aromatic rings. The molecular weight excluding hydrogens is 292 g/mol. The van der Waals surface area contributed by atoms with Crippen LogP contribution in [0.3, 0.4) is 0 Å². The Morgan fingerprint density at radius 1 is 1.33 bits per heavy atom. The van der Waals surface area contributed by atoms with E-state index >= 15 is 0 Å². The van der Waals surface area contributed by atoms with Crippen molar-refractivity contribution in [2.75, 3.05) is 13.1 Å². The van der Waals surface area contributed by atoms with Crippen LogP contribution >= 0.6 is 12.4 Å². The molecule has 3 rings (SSSR count). The summed E-state index contributed by atoms with van der Waals surface area (Å²) in [7, 11) is 0. The molecular formula is C14H23ClN4O2. The van der Waals surface area contributed by atoms with Gasteiger partial charge in [0.15, 0.2) is 5.82 Å². The van der Waals surface area contributed by atoms with Crippen molar-refractivity contribution >= 4 is 18.3 Å². The number of nitrogens with zero attached hydrogens (tertiary/aromatic N) is 3. The highest BCUT2D eigenvalue weighted by atomic mass is 35.5. The highest BCUT2D eigenvalue weighted by molar-refractivity contribution is 5.85. The minimum atomic E-state index is -0.821. The summed E-state index contributed by atoms with van der Waals surface area (Å²) in [4.78, 5) is 18.6. The average Bonchev–Trinajstić information content (AvgIpc) is 3.15. The standard InChI is InChI=1S/C14H22N4O2.ClH/c1-14(2,15)13(19)18-7-3-4-10(8-18)11-16-12(20-17-11)9-5-6-9;/h9-10H,3-8,15H2,1-2H3;1H. The normalized spacial score (nSPS) is 22.8. The summed E-state index contributed by atoms with van der Waals surface area (Å²) < 4.78 is 5.32. The van der Waals surface area contributed by atoms with Gasteiger partial charge in [0.2, 0.25) is 11.8 Å². The second-order valence-electron chi connectivity index (χ2n) is 6.58. The first-order valence-corrected chi connectivity index (χ1v) is 7.37. The predicted octanol–water partition coefficient (Wildman–Crippen LogP) is 1.81. The van der Waals surface area contributed by atoms with Gasteiger partial charge in [-0.05, 0) is 39.5 Å². The van der Waals surface area contributed by atoms with E-state index in [9.17, 15) is 4.79 Å². The monoisotopic (exact) mass is 314 g/mol. The smallest absolute Gasteiger partial charge is 0.242 e. The maximum Gasteiger partial charge on any atom is 0.242 e. The van der Waals surface area contributed by atoms with E-state index in [-0.39, 0.29) is 24.2 Å². The number of amides is 1. The molecule has 2 heterocycles. The van der Waals surface area contributed by atoms with Crippen molar-refractivity contribution in [1.29, 1.82) is 0 Å². The van der Waals surface area contributed by atoms with Crippen LogP contribution in [-0.4, -0.2) is 39.6 Å². The molecule has 1 saturated heterocycles. The fourth-order valence-electron chi connectivity index (χ4n) is 2.69. The van der Waals surface area contributed by atoms with Crippen LogP contribution in [0.4, 0.5) is 0 Å². The van der Waals surface area contributed by atoms with Crippen LogP contribution in [0.25, 0.3) is 0 Å². The van der Waals surface area contributed by atoms with E-state index in [1.807, 2.05) is 4.90 Å². The van der Waals surface area contributed by atoms with Crippen LogP contribution in [0.5, 0.6) is 0 Å². The minimum absolute atomic E-state index is 0. The molecule has 0 spiro atoms. The van der Waals surface area contributed by atoms with Crippen molar-refractivity contribution in [1.82, 2.24) is 15.0 Å². The number of carbonyl (C=O) groups excluding carboxylic acids is 1. The number of likely N-dealkylation sites (tertiary alicyclic amines) is 1. The Morgan fingerprint density at radius 2 is 2.05 bits per heavy atom. The van der Waals surface area contributed by atoms with Crippen LogP contribution in [-0.2, 0) is 4.79 Å². The second kappa shape index (κ2) is 5.93. The zero-order chi connectivity index (χ0) is 14.3. The van der Waals surface area contributed by atoms with Crippen molar-refractivity contribution in [3.63, 3.8) is 0 Å². The first kappa shape index (κ1) is 16.2. The third-order valence-corrected chi connectivity index (χ3v) is 4.01. The molecule has 2 N–H and O–H groups in total. The van der Waals surface area contributed by atoms with Crippen LogP contribution < -0.4 is 5.73 Å². The largest absolute Gasteiger partial charge is 0.340 e. The molecule has 2 aliphatic rings. The molecule has 2 fully saturated rings. The highest BCUT2D eigenvalue weighted by Crippen LogP contribution is 2.39. The van der Waals surface area contributed by atoms with Crippen LogP contribution in [0, 0.1) is 0 Å². The molecule has 0 bridgehead atoms. The van der Waals surface area contributed by atoms with Gasteiger partial charge in [-0.2, -0.15) is 4.98 Å². The molecule has 1 aliphatic heterocycles.